The fraction of sp³-hybridized carbons (Fsp3) is 0.200. The van der Waals surface area contributed by atoms with Crippen LogP contribution < -0.4 is 16.4 Å². The van der Waals surface area contributed by atoms with Crippen molar-refractivity contribution in [1.29, 1.82) is 0 Å². The van der Waals surface area contributed by atoms with Crippen LogP contribution in [0.1, 0.15) is 50.8 Å². The first kappa shape index (κ1) is 26.2. The van der Waals surface area contributed by atoms with Crippen LogP contribution in [0.2, 0.25) is 5.02 Å². The zero-order valence-corrected chi connectivity index (χ0v) is 19.3. The molecule has 0 spiro atoms. The van der Waals surface area contributed by atoms with Crippen molar-refractivity contribution in [1.82, 2.24) is 25.3 Å². The van der Waals surface area contributed by atoms with Gasteiger partial charge in [-0.2, -0.15) is 13.2 Å². The molecule has 3 aromatic heterocycles. The first-order chi connectivity index (χ1) is 16.4. The van der Waals surface area contributed by atoms with Crippen LogP contribution in [0.25, 0.3) is 6.08 Å². The van der Waals surface area contributed by atoms with Crippen LogP contribution in [0.15, 0.2) is 36.9 Å². The van der Waals surface area contributed by atoms with E-state index in [9.17, 15) is 27.9 Å². The van der Waals surface area contributed by atoms with Crippen LogP contribution in [0.3, 0.4) is 0 Å². The number of alkyl halides is 3. The van der Waals surface area contributed by atoms with Gasteiger partial charge in [-0.25, -0.2) is 19.9 Å². The summed E-state index contributed by atoms with van der Waals surface area (Å²) >= 11 is 6.50. The van der Waals surface area contributed by atoms with Crippen molar-refractivity contribution >= 4 is 46.6 Å². The molecule has 3 rings (SSSR count). The van der Waals surface area contributed by atoms with E-state index in [1.807, 2.05) is 0 Å². The van der Waals surface area contributed by atoms with E-state index in [0.717, 1.165) is 23.6 Å². The third kappa shape index (κ3) is 7.02. The van der Waals surface area contributed by atoms with Crippen molar-refractivity contribution in [2.24, 2.45) is 5.73 Å². The Morgan fingerprint density at radius 3 is 2.63 bits per heavy atom. The molecule has 0 aliphatic rings. The van der Waals surface area contributed by atoms with Gasteiger partial charge < -0.3 is 16.2 Å². The van der Waals surface area contributed by atoms with E-state index in [-0.39, 0.29) is 16.4 Å². The van der Waals surface area contributed by atoms with Crippen molar-refractivity contribution in [3.63, 3.8) is 0 Å². The molecular weight excluding hydrogens is 511 g/mol. The van der Waals surface area contributed by atoms with Crippen LogP contribution >= 0.6 is 22.9 Å². The second-order valence-electron chi connectivity index (χ2n) is 6.96. The molecular formula is C20H17ClF3N7O3S. The summed E-state index contributed by atoms with van der Waals surface area (Å²) in [4.78, 5) is 39.2. The van der Waals surface area contributed by atoms with E-state index in [4.69, 9.17) is 17.3 Å². The molecule has 5 N–H and O–H groups in total. The highest BCUT2D eigenvalue weighted by molar-refractivity contribution is 7.13. The highest BCUT2D eigenvalue weighted by atomic mass is 35.5. The molecule has 0 radical (unpaired) electrons. The van der Waals surface area contributed by atoms with Gasteiger partial charge in [0.1, 0.15) is 28.3 Å². The monoisotopic (exact) mass is 527 g/mol. The van der Waals surface area contributed by atoms with E-state index >= 15 is 0 Å². The second kappa shape index (κ2) is 10.9. The van der Waals surface area contributed by atoms with E-state index in [1.165, 1.54) is 24.7 Å². The molecule has 10 nitrogen and oxygen atoms in total. The van der Waals surface area contributed by atoms with Crippen LogP contribution in [0.4, 0.5) is 19.0 Å². The third-order valence-corrected chi connectivity index (χ3v) is 5.82. The van der Waals surface area contributed by atoms with Gasteiger partial charge in [0.15, 0.2) is 0 Å². The average Bonchev–Trinajstić information content (AvgIpc) is 3.29. The third-order valence-electron chi connectivity index (χ3n) is 4.34. The molecule has 15 heteroatoms. The highest BCUT2D eigenvalue weighted by Crippen LogP contribution is 2.35. The lowest BCUT2D eigenvalue weighted by Gasteiger charge is -2.17. The maximum Gasteiger partial charge on any atom is 0.418 e. The van der Waals surface area contributed by atoms with Crippen molar-refractivity contribution in [2.75, 3.05) is 5.32 Å². The van der Waals surface area contributed by atoms with Crippen molar-refractivity contribution in [3.8, 4) is 0 Å². The van der Waals surface area contributed by atoms with E-state index in [1.54, 1.807) is 6.92 Å². The minimum absolute atomic E-state index is 0.106. The molecule has 184 valence electrons. The molecule has 0 saturated carbocycles. The largest absolute Gasteiger partial charge is 0.418 e. The molecule has 0 aromatic carbocycles. The molecule has 0 bridgehead atoms. The van der Waals surface area contributed by atoms with Gasteiger partial charge in [0.05, 0.1) is 34.2 Å². The lowest BCUT2D eigenvalue weighted by atomic mass is 10.2. The molecule has 0 aliphatic heterocycles. The lowest BCUT2D eigenvalue weighted by molar-refractivity contribution is -0.137. The van der Waals surface area contributed by atoms with Gasteiger partial charge in [-0.3, -0.25) is 14.9 Å². The Hall–Kier alpha value is -3.46. The van der Waals surface area contributed by atoms with Crippen LogP contribution in [-0.4, -0.2) is 36.9 Å². The number of aromatic nitrogens is 4. The van der Waals surface area contributed by atoms with Gasteiger partial charge in [0, 0.05) is 12.3 Å². The summed E-state index contributed by atoms with van der Waals surface area (Å²) in [6.45, 7) is 1.68. The number of hydrogen-bond acceptors (Lipinski definition) is 9. The van der Waals surface area contributed by atoms with Crippen molar-refractivity contribution < 1.29 is 27.9 Å². The number of aliphatic hydroxyl groups excluding tert-OH is 1. The van der Waals surface area contributed by atoms with E-state index in [0.29, 0.717) is 16.8 Å². The number of rotatable bonds is 8. The van der Waals surface area contributed by atoms with Crippen molar-refractivity contribution in [2.45, 2.75) is 25.4 Å². The maximum atomic E-state index is 13.0. The first-order valence-electron chi connectivity index (χ1n) is 9.67. The van der Waals surface area contributed by atoms with E-state index < -0.39 is 40.8 Å². The second-order valence-corrected chi connectivity index (χ2v) is 8.43. The predicted octanol–water partition coefficient (Wildman–Crippen LogP) is 3.09. The maximum absolute atomic E-state index is 13.0. The smallest absolute Gasteiger partial charge is 0.373 e. The minimum atomic E-state index is -4.71. The summed E-state index contributed by atoms with van der Waals surface area (Å²) in [5, 5.41) is 15.4. The number of nitrogens with zero attached hydrogens (tertiary/aromatic N) is 4. The number of pyridine rings is 1. The normalized spacial score (nSPS) is 13.5. The van der Waals surface area contributed by atoms with Gasteiger partial charge in [-0.15, -0.1) is 11.3 Å². The number of hydrogen-bond donors (Lipinski definition) is 4. The molecule has 0 fully saturated rings. The average molecular weight is 528 g/mol. The molecule has 3 aromatic rings. The Bertz CT molecular complexity index is 1270. The van der Waals surface area contributed by atoms with Gasteiger partial charge in [-0.1, -0.05) is 11.6 Å². The zero-order chi connectivity index (χ0) is 25.8. The zero-order valence-electron chi connectivity index (χ0n) is 17.7. The van der Waals surface area contributed by atoms with E-state index in [2.05, 4.69) is 30.6 Å². The first-order valence-corrected chi connectivity index (χ1v) is 10.9. The Balaban J connectivity index is 1.67. The van der Waals surface area contributed by atoms with Gasteiger partial charge in [0.2, 0.25) is 5.91 Å². The summed E-state index contributed by atoms with van der Waals surface area (Å²) in [5.41, 5.74) is 4.48. The quantitative estimate of drug-likeness (QED) is 0.257. The fourth-order valence-corrected chi connectivity index (χ4v) is 3.72. The van der Waals surface area contributed by atoms with Crippen LogP contribution in [-0.2, 0) is 11.0 Å². The fourth-order valence-electron chi connectivity index (χ4n) is 2.68. The predicted molar refractivity (Wildman–Crippen MR) is 121 cm³/mol. The lowest BCUT2D eigenvalue weighted by Crippen LogP contribution is -2.25. The topological polar surface area (TPSA) is 156 Å². The number of carbonyl (C=O) groups is 2. The summed E-state index contributed by atoms with van der Waals surface area (Å²) in [6.07, 6.45) is -0.225. The molecule has 0 saturated heterocycles. The Morgan fingerprint density at radius 1 is 1.20 bits per heavy atom. The molecule has 35 heavy (non-hydrogen) atoms. The van der Waals surface area contributed by atoms with Gasteiger partial charge in [-0.05, 0) is 25.1 Å². The number of carbonyl (C=O) groups excluding carboxylic acids is 2. The standard InChI is InChI=1S/C20H17ClF3N7O3S/c1-9(30-17(33)13-4-10(28-8-29-13)2-3-15(25)32)19-27-7-14(35-19)18(34)31-16-5-11(20(22,23)24)12(21)6-26-16/h2-9,17,30,33H,1H3,(H2,25,32)(H,26,31,34)/b3-2+. The molecule has 2 unspecified atom stereocenters. The van der Waals surface area contributed by atoms with Gasteiger partial charge in [0.25, 0.3) is 5.91 Å². The summed E-state index contributed by atoms with van der Waals surface area (Å²) in [7, 11) is 0. The van der Waals surface area contributed by atoms with Crippen LogP contribution in [0, 0.1) is 0 Å². The van der Waals surface area contributed by atoms with Gasteiger partial charge >= 0.3 is 6.18 Å². The number of thiazole rings is 1. The van der Waals surface area contributed by atoms with Crippen LogP contribution in [0.5, 0.6) is 0 Å². The highest BCUT2D eigenvalue weighted by Gasteiger charge is 2.34. The Labute approximate surface area is 205 Å². The number of amides is 2. The number of nitrogens with two attached hydrogens (primary N) is 1. The number of anilines is 1. The summed E-state index contributed by atoms with van der Waals surface area (Å²) < 4.78 is 39.0. The molecule has 2 atom stereocenters. The number of aliphatic hydroxyl groups is 1. The molecule has 0 aliphatic carbocycles. The number of halogens is 4. The number of primary amides is 1. The summed E-state index contributed by atoms with van der Waals surface area (Å²) in [5.74, 6) is -1.70. The SMILES string of the molecule is CC(NC(O)c1cc(/C=C/C(N)=O)ncn1)c1ncc(C(=O)Nc2cc(C(F)(F)F)c(Cl)cn2)s1. The molecule has 3 heterocycles. The number of nitrogens with one attached hydrogen (secondary N) is 2. The summed E-state index contributed by atoms with van der Waals surface area (Å²) in [6, 6.07) is 1.54. The molecule has 2 amide bonds. The van der Waals surface area contributed by atoms with Crippen molar-refractivity contribution in [3.05, 3.63) is 68.8 Å². The Kier molecular flexibility index (Phi) is 8.11. The Morgan fingerprint density at radius 2 is 1.94 bits per heavy atom. The minimum Gasteiger partial charge on any atom is -0.373 e.